The number of hydrogen-bond donors (Lipinski definition) is 1. The molecule has 0 spiro atoms. The van der Waals surface area contributed by atoms with E-state index in [4.69, 9.17) is 5.73 Å². The fourth-order valence-corrected chi connectivity index (χ4v) is 2.95. The molecule has 1 atom stereocenters. The summed E-state index contributed by atoms with van der Waals surface area (Å²) in [6.45, 7) is 0. The highest BCUT2D eigenvalue weighted by atomic mass is 79.9. The van der Waals surface area contributed by atoms with Gasteiger partial charge in [-0.2, -0.15) is 0 Å². The van der Waals surface area contributed by atoms with Crippen LogP contribution in [0.2, 0.25) is 0 Å². The lowest BCUT2D eigenvalue weighted by Crippen LogP contribution is -2.12. The average Bonchev–Trinajstić information content (AvgIpc) is 2.65. The Morgan fingerprint density at radius 1 is 1.27 bits per heavy atom. The second kappa shape index (κ2) is 4.88. The molecule has 4 heteroatoms. The summed E-state index contributed by atoms with van der Waals surface area (Å²) >= 11 is 5.18. The van der Waals surface area contributed by atoms with Crippen molar-refractivity contribution < 1.29 is 0 Å². The zero-order valence-electron chi connectivity index (χ0n) is 8.06. The minimum absolute atomic E-state index is 0.0542. The Morgan fingerprint density at radius 3 is 2.60 bits per heavy atom. The first-order chi connectivity index (χ1) is 7.25. The molecule has 2 aromatic rings. The molecular formula is C11H11BrN2S. The van der Waals surface area contributed by atoms with Crippen LogP contribution >= 0.6 is 27.3 Å². The van der Waals surface area contributed by atoms with Crippen molar-refractivity contribution in [3.63, 3.8) is 0 Å². The molecule has 2 N–H and O–H groups in total. The number of nitrogens with zero attached hydrogens (tertiary/aromatic N) is 1. The fraction of sp³-hybridized carbons (Fsp3) is 0.182. The number of aromatic nitrogens is 1. The first-order valence-electron chi connectivity index (χ1n) is 4.65. The van der Waals surface area contributed by atoms with Gasteiger partial charge in [-0.1, -0.05) is 0 Å². The van der Waals surface area contributed by atoms with Gasteiger partial charge in [0, 0.05) is 29.7 Å². The van der Waals surface area contributed by atoms with E-state index in [1.165, 1.54) is 4.88 Å². The topological polar surface area (TPSA) is 38.9 Å². The summed E-state index contributed by atoms with van der Waals surface area (Å²) < 4.78 is 1.15. The van der Waals surface area contributed by atoms with Crippen LogP contribution in [0.1, 0.15) is 16.5 Å². The fourth-order valence-electron chi connectivity index (χ4n) is 1.41. The van der Waals surface area contributed by atoms with E-state index in [1.807, 2.05) is 12.1 Å². The van der Waals surface area contributed by atoms with Gasteiger partial charge < -0.3 is 5.73 Å². The molecule has 0 saturated carbocycles. The van der Waals surface area contributed by atoms with Crippen molar-refractivity contribution in [2.45, 2.75) is 12.5 Å². The average molecular weight is 283 g/mol. The van der Waals surface area contributed by atoms with E-state index in [-0.39, 0.29) is 6.04 Å². The third kappa shape index (κ3) is 2.87. The van der Waals surface area contributed by atoms with Gasteiger partial charge in [0.25, 0.3) is 0 Å². The van der Waals surface area contributed by atoms with Crippen LogP contribution in [-0.2, 0) is 6.42 Å². The Kier molecular flexibility index (Phi) is 3.51. The molecule has 1 unspecified atom stereocenters. The summed E-state index contributed by atoms with van der Waals surface area (Å²) in [7, 11) is 0. The molecule has 0 aliphatic heterocycles. The van der Waals surface area contributed by atoms with Crippen LogP contribution in [0.4, 0.5) is 0 Å². The monoisotopic (exact) mass is 282 g/mol. The Bertz CT molecular complexity index is 427. The molecule has 0 aliphatic rings. The molecule has 2 nitrogen and oxygen atoms in total. The maximum Gasteiger partial charge on any atom is 0.0701 e. The molecule has 0 fully saturated rings. The number of thiophene rings is 1. The lowest BCUT2D eigenvalue weighted by Gasteiger charge is -2.09. The largest absolute Gasteiger partial charge is 0.324 e. The Labute approximate surface area is 101 Å². The standard InChI is InChI=1S/C11H11BrN2S/c12-11-2-1-9(15-11)7-10(13)8-3-5-14-6-4-8/h1-6,10H,7,13H2. The van der Waals surface area contributed by atoms with Crippen LogP contribution in [0, 0.1) is 0 Å². The van der Waals surface area contributed by atoms with Crippen LogP contribution in [0.5, 0.6) is 0 Å². The molecule has 2 aromatic heterocycles. The van der Waals surface area contributed by atoms with E-state index >= 15 is 0 Å². The van der Waals surface area contributed by atoms with Crippen molar-refractivity contribution in [3.8, 4) is 0 Å². The van der Waals surface area contributed by atoms with Crippen molar-refractivity contribution in [2.75, 3.05) is 0 Å². The third-order valence-corrected chi connectivity index (χ3v) is 3.83. The van der Waals surface area contributed by atoms with Crippen LogP contribution in [0.25, 0.3) is 0 Å². The molecule has 2 heterocycles. The highest BCUT2D eigenvalue weighted by Crippen LogP contribution is 2.25. The van der Waals surface area contributed by atoms with Gasteiger partial charge >= 0.3 is 0 Å². The Morgan fingerprint density at radius 2 is 2.00 bits per heavy atom. The van der Waals surface area contributed by atoms with Gasteiger partial charge in [-0.3, -0.25) is 4.98 Å². The molecular weight excluding hydrogens is 272 g/mol. The van der Waals surface area contributed by atoms with Gasteiger partial charge in [0.15, 0.2) is 0 Å². The Hall–Kier alpha value is -0.710. The first-order valence-corrected chi connectivity index (χ1v) is 6.26. The summed E-state index contributed by atoms with van der Waals surface area (Å²) in [6, 6.07) is 8.15. The van der Waals surface area contributed by atoms with Gasteiger partial charge in [-0.25, -0.2) is 0 Å². The third-order valence-electron chi connectivity index (χ3n) is 2.18. The number of nitrogens with two attached hydrogens (primary N) is 1. The zero-order valence-corrected chi connectivity index (χ0v) is 10.5. The predicted molar refractivity (Wildman–Crippen MR) is 66.9 cm³/mol. The van der Waals surface area contributed by atoms with E-state index in [0.29, 0.717) is 0 Å². The lowest BCUT2D eigenvalue weighted by atomic mass is 10.1. The molecule has 0 radical (unpaired) electrons. The first kappa shape index (κ1) is 10.8. The van der Waals surface area contributed by atoms with Crippen molar-refractivity contribution >= 4 is 27.3 Å². The maximum absolute atomic E-state index is 6.10. The molecule has 0 saturated heterocycles. The van der Waals surface area contributed by atoms with Gasteiger partial charge in [-0.05, 0) is 45.8 Å². The quantitative estimate of drug-likeness (QED) is 0.939. The van der Waals surface area contributed by atoms with Gasteiger partial charge in [0.2, 0.25) is 0 Å². The van der Waals surface area contributed by atoms with E-state index < -0.39 is 0 Å². The highest BCUT2D eigenvalue weighted by molar-refractivity contribution is 9.11. The van der Waals surface area contributed by atoms with Crippen molar-refractivity contribution in [3.05, 3.63) is 50.9 Å². The van der Waals surface area contributed by atoms with Crippen LogP contribution in [0.15, 0.2) is 40.4 Å². The smallest absolute Gasteiger partial charge is 0.0701 e. The molecule has 0 aliphatic carbocycles. The van der Waals surface area contributed by atoms with Crippen molar-refractivity contribution in [1.29, 1.82) is 0 Å². The number of rotatable bonds is 3. The molecule has 2 rings (SSSR count). The van der Waals surface area contributed by atoms with E-state index in [1.54, 1.807) is 23.7 Å². The normalized spacial score (nSPS) is 12.7. The summed E-state index contributed by atoms with van der Waals surface area (Å²) in [5, 5.41) is 0. The summed E-state index contributed by atoms with van der Waals surface area (Å²) in [5.41, 5.74) is 7.23. The van der Waals surface area contributed by atoms with E-state index in [2.05, 4.69) is 33.0 Å². The number of pyridine rings is 1. The second-order valence-electron chi connectivity index (χ2n) is 3.30. The van der Waals surface area contributed by atoms with Crippen LogP contribution in [0.3, 0.4) is 0 Å². The minimum Gasteiger partial charge on any atom is -0.324 e. The molecule has 0 bridgehead atoms. The SMILES string of the molecule is NC(Cc1ccc(Br)s1)c1ccncc1. The van der Waals surface area contributed by atoms with Crippen molar-refractivity contribution in [2.24, 2.45) is 5.73 Å². The van der Waals surface area contributed by atoms with Gasteiger partial charge in [-0.15, -0.1) is 11.3 Å². The van der Waals surface area contributed by atoms with Gasteiger partial charge in [0.05, 0.1) is 3.79 Å². The number of hydrogen-bond acceptors (Lipinski definition) is 3. The second-order valence-corrected chi connectivity index (χ2v) is 5.84. The maximum atomic E-state index is 6.10. The highest BCUT2D eigenvalue weighted by Gasteiger charge is 2.07. The summed E-state index contributed by atoms with van der Waals surface area (Å²) in [4.78, 5) is 5.28. The van der Waals surface area contributed by atoms with Crippen LogP contribution in [-0.4, -0.2) is 4.98 Å². The van der Waals surface area contributed by atoms with Gasteiger partial charge in [0.1, 0.15) is 0 Å². The minimum atomic E-state index is 0.0542. The molecule has 15 heavy (non-hydrogen) atoms. The predicted octanol–water partition coefficient (Wildman–Crippen LogP) is 3.15. The lowest BCUT2D eigenvalue weighted by molar-refractivity contribution is 0.728. The molecule has 78 valence electrons. The van der Waals surface area contributed by atoms with Crippen molar-refractivity contribution in [1.82, 2.24) is 4.98 Å². The summed E-state index contributed by atoms with van der Waals surface area (Å²) in [5.74, 6) is 0. The van der Waals surface area contributed by atoms with E-state index in [9.17, 15) is 0 Å². The molecule has 0 amide bonds. The summed E-state index contributed by atoms with van der Waals surface area (Å²) in [6.07, 6.45) is 4.43. The van der Waals surface area contributed by atoms with E-state index in [0.717, 1.165) is 15.8 Å². The Balaban J connectivity index is 2.07. The zero-order chi connectivity index (χ0) is 10.7. The number of halogens is 1. The molecule has 0 aromatic carbocycles. The van der Waals surface area contributed by atoms with Crippen LogP contribution < -0.4 is 5.73 Å².